The highest BCUT2D eigenvalue weighted by molar-refractivity contribution is 5.88. The zero-order valence-electron chi connectivity index (χ0n) is 12.8. The highest BCUT2D eigenvalue weighted by Gasteiger charge is 2.35. The number of carboxylic acids is 1. The molecule has 1 aromatic heterocycles. The van der Waals surface area contributed by atoms with E-state index in [0.29, 0.717) is 15.9 Å². The molecule has 0 saturated heterocycles. The number of carbonyl (C=O) groups excluding carboxylic acids is 1. The number of amides is 1. The molecule has 22 heavy (non-hydrogen) atoms. The zero-order chi connectivity index (χ0) is 17.1. The van der Waals surface area contributed by atoms with E-state index in [2.05, 4.69) is 10.4 Å². The molecule has 1 atom stereocenters. The standard InChI is InChI=1S/C13H19F2N3O4/c1-7-9(8(2)18(17-7)12(14)15)5-10(19)16-13(3,6-22-4)11(20)21/h12H,5-6H2,1-4H3,(H,16,19)(H,20,21). The van der Waals surface area contributed by atoms with E-state index in [9.17, 15) is 18.4 Å². The lowest BCUT2D eigenvalue weighted by molar-refractivity contribution is -0.149. The molecule has 1 rings (SSSR count). The first-order valence-electron chi connectivity index (χ1n) is 6.48. The number of methoxy groups -OCH3 is 1. The van der Waals surface area contributed by atoms with Crippen molar-refractivity contribution in [2.45, 2.75) is 39.3 Å². The van der Waals surface area contributed by atoms with E-state index in [-0.39, 0.29) is 18.7 Å². The van der Waals surface area contributed by atoms with Crippen molar-refractivity contribution in [2.24, 2.45) is 0 Å². The van der Waals surface area contributed by atoms with Crippen LogP contribution in [0.1, 0.15) is 30.4 Å². The summed E-state index contributed by atoms with van der Waals surface area (Å²) in [4.78, 5) is 23.3. The molecular weight excluding hydrogens is 300 g/mol. The number of halogens is 2. The number of aromatic nitrogens is 2. The molecule has 7 nitrogen and oxygen atoms in total. The summed E-state index contributed by atoms with van der Waals surface area (Å²) in [7, 11) is 1.31. The van der Waals surface area contributed by atoms with Crippen molar-refractivity contribution < 1.29 is 28.2 Å². The Morgan fingerprint density at radius 2 is 2.05 bits per heavy atom. The van der Waals surface area contributed by atoms with Gasteiger partial charge in [0.1, 0.15) is 0 Å². The summed E-state index contributed by atoms with van der Waals surface area (Å²) < 4.78 is 30.8. The molecule has 0 spiro atoms. The Balaban J connectivity index is 2.92. The smallest absolute Gasteiger partial charge is 0.333 e. The van der Waals surface area contributed by atoms with Gasteiger partial charge in [-0.1, -0.05) is 0 Å². The summed E-state index contributed by atoms with van der Waals surface area (Å²) in [6, 6.07) is 0. The number of carbonyl (C=O) groups is 2. The second kappa shape index (κ2) is 6.82. The number of nitrogens with one attached hydrogen (secondary N) is 1. The molecule has 1 aromatic rings. The number of hydrogen-bond donors (Lipinski definition) is 2. The van der Waals surface area contributed by atoms with Gasteiger partial charge in [-0.05, 0) is 20.8 Å². The molecule has 0 radical (unpaired) electrons. The van der Waals surface area contributed by atoms with Crippen LogP contribution in [0.5, 0.6) is 0 Å². The van der Waals surface area contributed by atoms with Gasteiger partial charge in [0.15, 0.2) is 5.54 Å². The second-order valence-electron chi connectivity index (χ2n) is 5.17. The van der Waals surface area contributed by atoms with E-state index in [1.165, 1.54) is 27.9 Å². The van der Waals surface area contributed by atoms with E-state index in [0.717, 1.165) is 0 Å². The largest absolute Gasteiger partial charge is 0.479 e. The first kappa shape index (κ1) is 18.0. The molecule has 0 aliphatic heterocycles. The summed E-state index contributed by atoms with van der Waals surface area (Å²) in [5, 5.41) is 15.2. The van der Waals surface area contributed by atoms with Crippen molar-refractivity contribution in [3.8, 4) is 0 Å². The fraction of sp³-hybridized carbons (Fsp3) is 0.615. The van der Waals surface area contributed by atoms with Crippen LogP contribution in [0.25, 0.3) is 0 Å². The molecule has 0 aliphatic rings. The molecule has 2 N–H and O–H groups in total. The number of alkyl halides is 2. The number of carboxylic acid groups (broad SMARTS) is 1. The van der Waals surface area contributed by atoms with Crippen LogP contribution in [-0.2, 0) is 20.7 Å². The van der Waals surface area contributed by atoms with E-state index in [1.54, 1.807) is 0 Å². The normalized spacial score (nSPS) is 14.0. The zero-order valence-corrected chi connectivity index (χ0v) is 12.8. The maximum absolute atomic E-state index is 12.7. The van der Waals surface area contributed by atoms with Gasteiger partial charge in [-0.25, -0.2) is 9.48 Å². The minimum Gasteiger partial charge on any atom is -0.479 e. The van der Waals surface area contributed by atoms with Gasteiger partial charge in [-0.15, -0.1) is 0 Å². The van der Waals surface area contributed by atoms with Gasteiger partial charge in [0.05, 0.1) is 18.7 Å². The molecule has 0 fully saturated rings. The Hall–Kier alpha value is -2.03. The molecule has 124 valence electrons. The fourth-order valence-electron chi connectivity index (χ4n) is 2.10. The highest BCUT2D eigenvalue weighted by Crippen LogP contribution is 2.20. The van der Waals surface area contributed by atoms with Crippen molar-refractivity contribution in [3.63, 3.8) is 0 Å². The lowest BCUT2D eigenvalue weighted by atomic mass is 10.0. The number of aliphatic carboxylic acids is 1. The monoisotopic (exact) mass is 319 g/mol. The molecule has 1 heterocycles. The first-order valence-corrected chi connectivity index (χ1v) is 6.48. The van der Waals surface area contributed by atoms with E-state index >= 15 is 0 Å². The van der Waals surface area contributed by atoms with Crippen molar-refractivity contribution in [3.05, 3.63) is 17.0 Å². The Bertz CT molecular complexity index is 574. The van der Waals surface area contributed by atoms with Gasteiger partial charge in [0.25, 0.3) is 0 Å². The van der Waals surface area contributed by atoms with Crippen LogP contribution >= 0.6 is 0 Å². The topological polar surface area (TPSA) is 93.5 Å². The third kappa shape index (κ3) is 3.79. The third-order valence-electron chi connectivity index (χ3n) is 3.32. The molecule has 0 aliphatic carbocycles. The summed E-state index contributed by atoms with van der Waals surface area (Å²) in [6.45, 7) is 1.23. The highest BCUT2D eigenvalue weighted by atomic mass is 19.3. The van der Waals surface area contributed by atoms with E-state index in [4.69, 9.17) is 9.84 Å². The van der Waals surface area contributed by atoms with Crippen LogP contribution in [-0.4, -0.2) is 46.0 Å². The van der Waals surface area contributed by atoms with Crippen LogP contribution in [0, 0.1) is 13.8 Å². The van der Waals surface area contributed by atoms with Crippen molar-refractivity contribution in [2.75, 3.05) is 13.7 Å². The van der Waals surface area contributed by atoms with Crippen molar-refractivity contribution in [1.82, 2.24) is 15.1 Å². The number of nitrogens with zero attached hydrogens (tertiary/aromatic N) is 2. The summed E-state index contributed by atoms with van der Waals surface area (Å²) >= 11 is 0. The van der Waals surface area contributed by atoms with Crippen molar-refractivity contribution in [1.29, 1.82) is 0 Å². The maximum Gasteiger partial charge on any atom is 0.333 e. The third-order valence-corrected chi connectivity index (χ3v) is 3.32. The second-order valence-corrected chi connectivity index (χ2v) is 5.17. The molecule has 9 heteroatoms. The summed E-state index contributed by atoms with van der Waals surface area (Å²) in [5.41, 5.74) is -0.766. The van der Waals surface area contributed by atoms with Crippen LogP contribution in [0.2, 0.25) is 0 Å². The number of ether oxygens (including phenoxy) is 1. The summed E-state index contributed by atoms with van der Waals surface area (Å²) in [6.07, 6.45) is -0.239. The van der Waals surface area contributed by atoms with E-state index in [1.807, 2.05) is 0 Å². The molecular formula is C13H19F2N3O4. The van der Waals surface area contributed by atoms with Gasteiger partial charge in [0, 0.05) is 18.4 Å². The quantitative estimate of drug-likeness (QED) is 0.783. The molecule has 0 saturated carbocycles. The van der Waals surface area contributed by atoms with Crippen LogP contribution in [0.4, 0.5) is 8.78 Å². The van der Waals surface area contributed by atoms with Gasteiger partial charge in [-0.2, -0.15) is 13.9 Å². The van der Waals surface area contributed by atoms with Crippen LogP contribution in [0.3, 0.4) is 0 Å². The van der Waals surface area contributed by atoms with Crippen LogP contribution in [0.15, 0.2) is 0 Å². The van der Waals surface area contributed by atoms with Crippen molar-refractivity contribution >= 4 is 11.9 Å². The van der Waals surface area contributed by atoms with Crippen LogP contribution < -0.4 is 5.32 Å². The molecule has 0 aromatic carbocycles. The fourth-order valence-corrected chi connectivity index (χ4v) is 2.10. The SMILES string of the molecule is COCC(C)(NC(=O)Cc1c(C)nn(C(F)F)c1C)C(=O)O. The van der Waals surface area contributed by atoms with Gasteiger partial charge < -0.3 is 15.2 Å². The van der Waals surface area contributed by atoms with Gasteiger partial charge in [0.2, 0.25) is 5.91 Å². The Morgan fingerprint density at radius 3 is 2.45 bits per heavy atom. The number of rotatable bonds is 7. The average molecular weight is 319 g/mol. The lowest BCUT2D eigenvalue weighted by Crippen LogP contribution is -2.55. The minimum atomic E-state index is -2.80. The first-order chi connectivity index (χ1) is 10.1. The number of aryl methyl sites for hydroxylation is 1. The maximum atomic E-state index is 12.7. The Labute approximate surface area is 126 Å². The van der Waals surface area contributed by atoms with Gasteiger partial charge in [-0.3, -0.25) is 4.79 Å². The average Bonchev–Trinajstić information content (AvgIpc) is 2.66. The lowest BCUT2D eigenvalue weighted by Gasteiger charge is -2.25. The molecule has 0 bridgehead atoms. The predicted molar refractivity (Wildman–Crippen MR) is 72.7 cm³/mol. The van der Waals surface area contributed by atoms with E-state index < -0.39 is 24.0 Å². The number of hydrogen-bond acceptors (Lipinski definition) is 4. The minimum absolute atomic E-state index is 0.173. The molecule has 1 amide bonds. The van der Waals surface area contributed by atoms with Gasteiger partial charge >= 0.3 is 12.5 Å². The summed E-state index contributed by atoms with van der Waals surface area (Å²) in [5.74, 6) is -1.86. The Kier molecular flexibility index (Phi) is 5.59. The Morgan fingerprint density at radius 1 is 1.45 bits per heavy atom. The predicted octanol–water partition coefficient (Wildman–Crippen LogP) is 1.04. The molecule has 1 unspecified atom stereocenters.